The van der Waals surface area contributed by atoms with Gasteiger partial charge in [0.05, 0.1) is 4.92 Å². The van der Waals surface area contributed by atoms with Gasteiger partial charge in [-0.2, -0.15) is 0 Å². The first kappa shape index (κ1) is 16.0. The molecule has 1 aromatic heterocycles. The van der Waals surface area contributed by atoms with Crippen LogP contribution < -0.4 is 9.80 Å². The maximum atomic E-state index is 11.8. The van der Waals surface area contributed by atoms with Gasteiger partial charge in [-0.25, -0.2) is 9.97 Å². The summed E-state index contributed by atoms with van der Waals surface area (Å²) in [5, 5.41) is 11.8. The first-order valence-electron chi connectivity index (χ1n) is 8.59. The number of nitrogens with zero attached hydrogens (tertiary/aromatic N) is 5. The lowest BCUT2D eigenvalue weighted by Crippen LogP contribution is -2.39. The molecular weight excluding hydrogens is 294 g/mol. The van der Waals surface area contributed by atoms with Gasteiger partial charge < -0.3 is 9.80 Å². The second kappa shape index (κ2) is 6.68. The van der Waals surface area contributed by atoms with Gasteiger partial charge in [-0.1, -0.05) is 6.92 Å². The van der Waals surface area contributed by atoms with E-state index in [0.29, 0.717) is 17.6 Å². The quantitative estimate of drug-likeness (QED) is 0.630. The number of aromatic nitrogens is 2. The monoisotopic (exact) mass is 319 g/mol. The molecule has 1 atom stereocenters. The van der Waals surface area contributed by atoms with Crippen LogP contribution in [-0.2, 0) is 0 Å². The van der Waals surface area contributed by atoms with Gasteiger partial charge in [0, 0.05) is 25.7 Å². The molecule has 1 unspecified atom stereocenters. The van der Waals surface area contributed by atoms with Crippen LogP contribution in [0.25, 0.3) is 0 Å². The lowest BCUT2D eigenvalue weighted by molar-refractivity contribution is -0.383. The fourth-order valence-electron chi connectivity index (χ4n) is 3.60. The highest BCUT2D eigenvalue weighted by molar-refractivity contribution is 5.71. The molecule has 1 aromatic rings. The van der Waals surface area contributed by atoms with E-state index in [1.807, 2.05) is 0 Å². The van der Waals surface area contributed by atoms with Crippen molar-refractivity contribution in [2.75, 3.05) is 29.4 Å². The lowest BCUT2D eigenvalue weighted by atomic mass is 9.99. The molecule has 0 saturated carbocycles. The van der Waals surface area contributed by atoms with Crippen LogP contribution in [-0.4, -0.2) is 40.6 Å². The summed E-state index contributed by atoms with van der Waals surface area (Å²) in [5.41, 5.74) is 0.0794. The molecule has 7 nitrogen and oxygen atoms in total. The smallest absolute Gasteiger partial charge is 0.351 e. The Morgan fingerprint density at radius 2 is 1.78 bits per heavy atom. The van der Waals surface area contributed by atoms with E-state index in [-0.39, 0.29) is 16.7 Å². The topological polar surface area (TPSA) is 75.4 Å². The third kappa shape index (κ3) is 3.23. The molecule has 0 N–H and O–H groups in total. The van der Waals surface area contributed by atoms with Gasteiger partial charge in [0.1, 0.15) is 6.33 Å². The van der Waals surface area contributed by atoms with Crippen LogP contribution in [0, 0.1) is 16.0 Å². The summed E-state index contributed by atoms with van der Waals surface area (Å²) in [4.78, 5) is 24.2. The van der Waals surface area contributed by atoms with E-state index in [2.05, 4.69) is 33.6 Å². The highest BCUT2D eigenvalue weighted by atomic mass is 16.6. The molecule has 3 rings (SSSR count). The Labute approximate surface area is 136 Å². The Kier molecular flexibility index (Phi) is 4.63. The van der Waals surface area contributed by atoms with Crippen molar-refractivity contribution in [2.24, 2.45) is 5.92 Å². The molecule has 0 aliphatic carbocycles. The van der Waals surface area contributed by atoms with E-state index >= 15 is 0 Å². The van der Waals surface area contributed by atoms with Crippen molar-refractivity contribution in [3.8, 4) is 0 Å². The van der Waals surface area contributed by atoms with E-state index in [4.69, 9.17) is 0 Å². The number of nitro groups is 1. The van der Waals surface area contributed by atoms with Crippen LogP contribution in [0.15, 0.2) is 6.33 Å². The average Bonchev–Trinajstić information content (AvgIpc) is 2.55. The van der Waals surface area contributed by atoms with Gasteiger partial charge in [0.2, 0.25) is 11.6 Å². The molecule has 3 heterocycles. The molecule has 0 spiro atoms. The minimum absolute atomic E-state index is 0.0794. The zero-order valence-electron chi connectivity index (χ0n) is 13.9. The molecule has 0 bridgehead atoms. The maximum absolute atomic E-state index is 11.8. The lowest BCUT2D eigenvalue weighted by Gasteiger charge is -2.35. The predicted octanol–water partition coefficient (Wildman–Crippen LogP) is 3.00. The third-order valence-corrected chi connectivity index (χ3v) is 5.12. The third-order valence-electron chi connectivity index (χ3n) is 5.12. The van der Waals surface area contributed by atoms with Gasteiger partial charge in [0.25, 0.3) is 0 Å². The van der Waals surface area contributed by atoms with E-state index in [1.165, 1.54) is 12.7 Å². The Bertz CT molecular complexity index is 572. The van der Waals surface area contributed by atoms with E-state index < -0.39 is 0 Å². The largest absolute Gasteiger partial charge is 0.353 e. The van der Waals surface area contributed by atoms with Crippen LogP contribution in [0.2, 0.25) is 0 Å². The molecule has 0 radical (unpaired) electrons. The van der Waals surface area contributed by atoms with Crippen LogP contribution in [0.3, 0.4) is 0 Å². The molecule has 0 amide bonds. The summed E-state index contributed by atoms with van der Waals surface area (Å²) >= 11 is 0. The van der Waals surface area contributed by atoms with Crippen LogP contribution >= 0.6 is 0 Å². The zero-order valence-corrected chi connectivity index (χ0v) is 13.9. The minimum Gasteiger partial charge on any atom is -0.351 e. The normalized spacial score (nSPS) is 23.1. The van der Waals surface area contributed by atoms with Gasteiger partial charge in [-0.3, -0.25) is 10.1 Å². The highest BCUT2D eigenvalue weighted by Gasteiger charge is 2.33. The van der Waals surface area contributed by atoms with E-state index in [1.54, 1.807) is 0 Å². The average molecular weight is 319 g/mol. The molecule has 2 aliphatic heterocycles. The van der Waals surface area contributed by atoms with E-state index in [9.17, 15) is 10.1 Å². The molecule has 126 valence electrons. The highest BCUT2D eigenvalue weighted by Crippen LogP contribution is 2.37. The molecule has 2 saturated heterocycles. The summed E-state index contributed by atoms with van der Waals surface area (Å²) in [7, 11) is 0. The second-order valence-corrected chi connectivity index (χ2v) is 6.83. The summed E-state index contributed by atoms with van der Waals surface area (Å²) in [6.45, 7) is 6.83. The number of hydrogen-bond acceptors (Lipinski definition) is 6. The van der Waals surface area contributed by atoms with Gasteiger partial charge in [-0.15, -0.1) is 0 Å². The Morgan fingerprint density at radius 3 is 2.43 bits per heavy atom. The van der Waals surface area contributed by atoms with Crippen LogP contribution in [0.5, 0.6) is 0 Å². The van der Waals surface area contributed by atoms with E-state index in [0.717, 1.165) is 45.3 Å². The molecular formula is C16H25N5O2. The van der Waals surface area contributed by atoms with Gasteiger partial charge in [0.15, 0.2) is 0 Å². The first-order chi connectivity index (χ1) is 11.1. The molecule has 2 fully saturated rings. The summed E-state index contributed by atoms with van der Waals surface area (Å²) in [6, 6.07) is 0.284. The zero-order chi connectivity index (χ0) is 16.4. The molecule has 23 heavy (non-hydrogen) atoms. The Balaban J connectivity index is 1.97. The molecule has 2 aliphatic rings. The summed E-state index contributed by atoms with van der Waals surface area (Å²) in [6.07, 6.45) is 6.87. The minimum atomic E-state index is -0.302. The Hall–Kier alpha value is -1.92. The van der Waals surface area contributed by atoms with Gasteiger partial charge in [-0.05, 0) is 44.9 Å². The predicted molar refractivity (Wildman–Crippen MR) is 90.0 cm³/mol. The maximum Gasteiger partial charge on any atom is 0.353 e. The SMILES string of the molecule is CC1CCN(c2ncnc(N3CCCCC3C)c2[N+](=O)[O-])CC1. The summed E-state index contributed by atoms with van der Waals surface area (Å²) in [5.74, 6) is 1.66. The van der Waals surface area contributed by atoms with Crippen molar-refractivity contribution in [2.45, 2.75) is 52.0 Å². The number of anilines is 2. The number of rotatable bonds is 3. The second-order valence-electron chi connectivity index (χ2n) is 6.83. The molecule has 0 aromatic carbocycles. The van der Waals surface area contributed by atoms with Crippen molar-refractivity contribution >= 4 is 17.3 Å². The Morgan fingerprint density at radius 1 is 1.09 bits per heavy atom. The fourth-order valence-corrected chi connectivity index (χ4v) is 3.60. The first-order valence-corrected chi connectivity index (χ1v) is 8.59. The standard InChI is InChI=1S/C16H25N5O2/c1-12-6-9-19(10-7-12)15-14(21(22)23)16(18-11-17-15)20-8-4-3-5-13(20)2/h11-13H,3-10H2,1-2H3. The van der Waals surface area contributed by atoms with Crippen molar-refractivity contribution in [1.82, 2.24) is 9.97 Å². The molecule has 7 heteroatoms. The van der Waals surface area contributed by atoms with Crippen molar-refractivity contribution in [3.05, 3.63) is 16.4 Å². The number of hydrogen-bond donors (Lipinski definition) is 0. The van der Waals surface area contributed by atoms with Crippen molar-refractivity contribution < 1.29 is 4.92 Å². The van der Waals surface area contributed by atoms with Crippen molar-refractivity contribution in [3.63, 3.8) is 0 Å². The fraction of sp³-hybridized carbons (Fsp3) is 0.750. The summed E-state index contributed by atoms with van der Waals surface area (Å²) < 4.78 is 0. The van der Waals surface area contributed by atoms with Crippen LogP contribution in [0.1, 0.15) is 46.0 Å². The van der Waals surface area contributed by atoms with Crippen LogP contribution in [0.4, 0.5) is 17.3 Å². The number of piperidine rings is 2. The van der Waals surface area contributed by atoms with Crippen molar-refractivity contribution in [1.29, 1.82) is 0 Å². The van der Waals surface area contributed by atoms with Gasteiger partial charge >= 0.3 is 5.69 Å².